The maximum Gasteiger partial charge on any atom is 0.230 e. The van der Waals surface area contributed by atoms with Gasteiger partial charge in [0.1, 0.15) is 0 Å². The van der Waals surface area contributed by atoms with Crippen LogP contribution in [0.5, 0.6) is 0 Å². The highest BCUT2D eigenvalue weighted by Gasteiger charge is 2.34. The lowest BCUT2D eigenvalue weighted by Gasteiger charge is -2.34. The summed E-state index contributed by atoms with van der Waals surface area (Å²) < 4.78 is 7.71. The minimum atomic E-state index is -0.121. The van der Waals surface area contributed by atoms with Gasteiger partial charge in [0.15, 0.2) is 11.0 Å². The van der Waals surface area contributed by atoms with Crippen molar-refractivity contribution in [2.24, 2.45) is 0 Å². The fourth-order valence-electron chi connectivity index (χ4n) is 3.74. The van der Waals surface area contributed by atoms with Crippen molar-refractivity contribution < 1.29 is 9.53 Å². The molecule has 4 rings (SSSR count). The molecule has 1 atom stereocenters. The van der Waals surface area contributed by atoms with Crippen molar-refractivity contribution in [3.8, 4) is 11.4 Å². The molecule has 0 saturated carbocycles. The summed E-state index contributed by atoms with van der Waals surface area (Å²) in [5.41, 5.74) is 2.31. The van der Waals surface area contributed by atoms with E-state index in [9.17, 15) is 4.79 Å². The number of nitrogens with zero attached hydrogens (tertiary/aromatic N) is 3. The third-order valence-electron chi connectivity index (χ3n) is 5.00. The van der Waals surface area contributed by atoms with Crippen LogP contribution in [0.1, 0.15) is 32.3 Å². The van der Waals surface area contributed by atoms with Gasteiger partial charge in [0.25, 0.3) is 0 Å². The van der Waals surface area contributed by atoms with E-state index in [1.54, 1.807) is 0 Å². The highest BCUT2D eigenvalue weighted by atomic mass is 32.2. The van der Waals surface area contributed by atoms with Crippen molar-refractivity contribution in [1.82, 2.24) is 20.1 Å². The normalized spacial score (nSPS) is 20.5. The van der Waals surface area contributed by atoms with Gasteiger partial charge in [-0.05, 0) is 38.7 Å². The van der Waals surface area contributed by atoms with E-state index in [2.05, 4.69) is 52.1 Å². The number of benzene rings is 1. The number of aromatic nitrogens is 3. The van der Waals surface area contributed by atoms with Gasteiger partial charge in [0.05, 0.1) is 11.9 Å². The van der Waals surface area contributed by atoms with Gasteiger partial charge in [0.2, 0.25) is 5.91 Å². The Balaban J connectivity index is 1.46. The number of fused-ring (bicyclic) bond motifs is 3. The minimum absolute atomic E-state index is 0.0110. The van der Waals surface area contributed by atoms with Crippen LogP contribution in [0.4, 0.5) is 0 Å². The Kier molecular flexibility index (Phi) is 4.75. The summed E-state index contributed by atoms with van der Waals surface area (Å²) in [5, 5.41) is 12.6. The van der Waals surface area contributed by atoms with Crippen LogP contribution >= 0.6 is 11.8 Å². The standard InChI is InChI=1S/C19H24N4O2S/c1-19(2)10-13-6-3-4-8-15(13)17-21-22-18(23(17)19)26-12-16(24)20-11-14-7-5-9-25-14/h3-4,6,8,14H,5,7,9-12H2,1-2H3,(H,20,24). The SMILES string of the molecule is CC1(C)Cc2ccccc2-c2nnc(SCC(=O)NCC3CCCO3)n21. The molecule has 0 bridgehead atoms. The lowest BCUT2D eigenvalue weighted by molar-refractivity contribution is -0.119. The molecule has 1 N–H and O–H groups in total. The van der Waals surface area contributed by atoms with E-state index in [-0.39, 0.29) is 17.6 Å². The summed E-state index contributed by atoms with van der Waals surface area (Å²) >= 11 is 1.45. The molecule has 1 saturated heterocycles. The number of hydrogen-bond acceptors (Lipinski definition) is 5. The first kappa shape index (κ1) is 17.5. The van der Waals surface area contributed by atoms with Crippen LogP contribution < -0.4 is 5.32 Å². The Labute approximate surface area is 157 Å². The molecule has 2 aliphatic heterocycles. The van der Waals surface area contributed by atoms with Crippen molar-refractivity contribution in [2.75, 3.05) is 18.9 Å². The number of carbonyl (C=O) groups excluding carboxylic acids is 1. The molecule has 0 spiro atoms. The second-order valence-electron chi connectivity index (χ2n) is 7.52. The van der Waals surface area contributed by atoms with Crippen molar-refractivity contribution in [2.45, 2.75) is 49.9 Å². The number of hydrogen-bond donors (Lipinski definition) is 1. The third kappa shape index (κ3) is 3.38. The summed E-state index contributed by atoms with van der Waals surface area (Å²) in [7, 11) is 0. The summed E-state index contributed by atoms with van der Waals surface area (Å²) in [6, 6.07) is 8.34. The van der Waals surface area contributed by atoms with E-state index >= 15 is 0 Å². The number of amides is 1. The largest absolute Gasteiger partial charge is 0.376 e. The molecule has 1 fully saturated rings. The predicted molar refractivity (Wildman–Crippen MR) is 101 cm³/mol. The summed E-state index contributed by atoms with van der Waals surface area (Å²) in [6.45, 7) is 5.78. The van der Waals surface area contributed by atoms with Gasteiger partial charge in [-0.3, -0.25) is 9.36 Å². The number of carbonyl (C=O) groups is 1. The Morgan fingerprint density at radius 2 is 2.23 bits per heavy atom. The number of thioether (sulfide) groups is 1. The van der Waals surface area contributed by atoms with Gasteiger partial charge in [-0.2, -0.15) is 0 Å². The first-order valence-corrected chi connectivity index (χ1v) is 10.1. The molecule has 6 nitrogen and oxygen atoms in total. The number of rotatable bonds is 5. The fourth-order valence-corrected chi connectivity index (χ4v) is 4.66. The topological polar surface area (TPSA) is 69.0 Å². The molecule has 0 radical (unpaired) electrons. The molecule has 138 valence electrons. The second-order valence-corrected chi connectivity index (χ2v) is 8.46. The number of nitrogens with one attached hydrogen (secondary N) is 1. The molecule has 2 aromatic rings. The lowest BCUT2D eigenvalue weighted by Crippen LogP contribution is -2.34. The zero-order valence-corrected chi connectivity index (χ0v) is 16.0. The highest BCUT2D eigenvalue weighted by molar-refractivity contribution is 7.99. The van der Waals surface area contributed by atoms with Gasteiger partial charge < -0.3 is 10.1 Å². The molecule has 1 aromatic heterocycles. The Morgan fingerprint density at radius 1 is 1.38 bits per heavy atom. The monoisotopic (exact) mass is 372 g/mol. The molecule has 1 unspecified atom stereocenters. The average Bonchev–Trinajstić information content (AvgIpc) is 3.28. The van der Waals surface area contributed by atoms with Gasteiger partial charge in [-0.15, -0.1) is 10.2 Å². The molecule has 0 aliphatic carbocycles. The second kappa shape index (κ2) is 7.04. The first-order chi connectivity index (χ1) is 12.5. The number of ether oxygens (including phenoxy) is 1. The molecular formula is C19H24N4O2S. The van der Waals surface area contributed by atoms with Crippen LogP contribution in [-0.2, 0) is 21.5 Å². The third-order valence-corrected chi connectivity index (χ3v) is 5.93. The zero-order valence-electron chi connectivity index (χ0n) is 15.2. The molecular weight excluding hydrogens is 348 g/mol. The predicted octanol–water partition coefficient (Wildman–Crippen LogP) is 2.62. The molecule has 3 heterocycles. The maximum absolute atomic E-state index is 12.2. The van der Waals surface area contributed by atoms with Gasteiger partial charge >= 0.3 is 0 Å². The van der Waals surface area contributed by atoms with E-state index in [0.717, 1.165) is 42.4 Å². The van der Waals surface area contributed by atoms with Crippen LogP contribution in [0.3, 0.4) is 0 Å². The molecule has 2 aliphatic rings. The van der Waals surface area contributed by atoms with E-state index < -0.39 is 0 Å². The molecule has 26 heavy (non-hydrogen) atoms. The lowest BCUT2D eigenvalue weighted by atomic mass is 9.87. The summed E-state index contributed by atoms with van der Waals surface area (Å²) in [6.07, 6.45) is 3.20. The van der Waals surface area contributed by atoms with Crippen LogP contribution in [-0.4, -0.2) is 45.7 Å². The van der Waals surface area contributed by atoms with Crippen molar-refractivity contribution >= 4 is 17.7 Å². The molecule has 1 amide bonds. The zero-order chi connectivity index (χ0) is 18.1. The van der Waals surface area contributed by atoms with Crippen LogP contribution in [0, 0.1) is 0 Å². The first-order valence-electron chi connectivity index (χ1n) is 9.10. The van der Waals surface area contributed by atoms with Gasteiger partial charge in [-0.25, -0.2) is 0 Å². The van der Waals surface area contributed by atoms with Gasteiger partial charge in [-0.1, -0.05) is 36.0 Å². The van der Waals surface area contributed by atoms with E-state index in [1.165, 1.54) is 17.3 Å². The van der Waals surface area contributed by atoms with Gasteiger partial charge in [0, 0.05) is 24.3 Å². The van der Waals surface area contributed by atoms with Crippen molar-refractivity contribution in [3.05, 3.63) is 29.8 Å². The van der Waals surface area contributed by atoms with Crippen molar-refractivity contribution in [3.63, 3.8) is 0 Å². The van der Waals surface area contributed by atoms with E-state index in [0.29, 0.717) is 12.3 Å². The van der Waals surface area contributed by atoms with Crippen LogP contribution in [0.2, 0.25) is 0 Å². The highest BCUT2D eigenvalue weighted by Crippen LogP contribution is 2.39. The molecule has 7 heteroatoms. The Hall–Kier alpha value is -1.86. The molecule has 1 aromatic carbocycles. The van der Waals surface area contributed by atoms with Crippen molar-refractivity contribution in [1.29, 1.82) is 0 Å². The van der Waals surface area contributed by atoms with Crippen LogP contribution in [0.15, 0.2) is 29.4 Å². The summed E-state index contributed by atoms with van der Waals surface area (Å²) in [4.78, 5) is 12.2. The van der Waals surface area contributed by atoms with Crippen LogP contribution in [0.25, 0.3) is 11.4 Å². The summed E-state index contributed by atoms with van der Waals surface area (Å²) in [5.74, 6) is 1.23. The average molecular weight is 372 g/mol. The Morgan fingerprint density at radius 3 is 3.04 bits per heavy atom. The smallest absolute Gasteiger partial charge is 0.230 e. The Bertz CT molecular complexity index is 812. The minimum Gasteiger partial charge on any atom is -0.376 e. The fraction of sp³-hybridized carbons (Fsp3) is 0.526. The maximum atomic E-state index is 12.2. The van der Waals surface area contributed by atoms with E-state index in [1.807, 2.05) is 6.07 Å². The van der Waals surface area contributed by atoms with E-state index in [4.69, 9.17) is 4.74 Å². The quantitative estimate of drug-likeness (QED) is 0.817.